The van der Waals surface area contributed by atoms with E-state index in [9.17, 15) is 21.7 Å². The quantitative estimate of drug-likeness (QED) is 0.0811. The Bertz CT molecular complexity index is 1550. The van der Waals surface area contributed by atoms with Crippen molar-refractivity contribution in [2.75, 3.05) is 5.75 Å². The standard InChI is InChI=1S/C28H21OS.6FH.Sb/c29-27(26-18-8-12-21-10-4-6-16-24(21)26)20-30(23-14-2-1-3-15-23)28-19-9-13-22-11-5-7-17-25(22)28;;;;;;;/h1-19H,20H2;6*1H;/q+1;;;;;;;+5/p-6. The van der Waals surface area contributed by atoms with Gasteiger partial charge in [0.1, 0.15) is 0 Å². The molecule has 0 radical (unpaired) electrons. The van der Waals surface area contributed by atoms with E-state index in [1.165, 1.54) is 20.6 Å². The Labute approximate surface area is 215 Å². The summed E-state index contributed by atoms with van der Waals surface area (Å²) in [6, 6.07) is 39.4. The summed E-state index contributed by atoms with van der Waals surface area (Å²) in [6.45, 7) is 0. The fraction of sp³-hybridized carbons (Fsp3) is 0.0357. The van der Waals surface area contributed by atoms with Crippen molar-refractivity contribution in [3.05, 3.63) is 121 Å². The van der Waals surface area contributed by atoms with Gasteiger partial charge in [-0.15, -0.1) is 0 Å². The van der Waals surface area contributed by atoms with Gasteiger partial charge >= 0.3 is 36.4 Å². The molecule has 0 aromatic heterocycles. The van der Waals surface area contributed by atoms with Gasteiger partial charge in [-0.05, 0) is 40.4 Å². The SMILES string of the molecule is O=C(C[S+](c1ccccc1)c1cccc2ccccc12)c1cccc2ccccc12.[F][Sb-]([F])([F])([F])([F])[F]. The van der Waals surface area contributed by atoms with Crippen molar-refractivity contribution in [1.82, 2.24) is 0 Å². The van der Waals surface area contributed by atoms with Crippen molar-refractivity contribution in [1.29, 1.82) is 0 Å². The molecule has 0 saturated carbocycles. The third-order valence-corrected chi connectivity index (χ3v) is 7.69. The number of benzene rings is 5. The summed E-state index contributed by atoms with van der Waals surface area (Å²) < 4.78 is 59.6. The van der Waals surface area contributed by atoms with E-state index in [4.69, 9.17) is 0 Å². The van der Waals surface area contributed by atoms with Crippen LogP contribution in [0.2, 0.25) is 0 Å². The van der Waals surface area contributed by atoms with Gasteiger partial charge in [-0.3, -0.25) is 4.79 Å². The van der Waals surface area contributed by atoms with Crippen LogP contribution >= 0.6 is 0 Å². The molecule has 0 amide bonds. The molecule has 192 valence electrons. The normalized spacial score (nSPS) is 14.2. The van der Waals surface area contributed by atoms with Gasteiger partial charge in [-0.25, -0.2) is 0 Å². The molecule has 0 N–H and O–H groups in total. The molecule has 5 aromatic rings. The van der Waals surface area contributed by atoms with Gasteiger partial charge in [0.25, 0.3) is 0 Å². The van der Waals surface area contributed by atoms with Gasteiger partial charge in [0.05, 0.1) is 10.9 Å². The third kappa shape index (κ3) is 8.01. The van der Waals surface area contributed by atoms with Crippen LogP contribution in [0.25, 0.3) is 21.5 Å². The second-order valence-electron chi connectivity index (χ2n) is 8.23. The molecule has 0 aliphatic rings. The first kappa shape index (κ1) is 27.1. The summed E-state index contributed by atoms with van der Waals surface area (Å²) in [5.74, 6) is 0.651. The molecule has 1 unspecified atom stereocenters. The topological polar surface area (TPSA) is 17.1 Å². The second kappa shape index (κ2) is 9.73. The van der Waals surface area contributed by atoms with Gasteiger partial charge < -0.3 is 0 Å². The Morgan fingerprint density at radius 2 is 1.03 bits per heavy atom. The Morgan fingerprint density at radius 1 is 0.568 bits per heavy atom. The fourth-order valence-electron chi connectivity index (χ4n) is 3.96. The minimum absolute atomic E-state index is 0.187. The Hall–Kier alpha value is -2.96. The molecule has 1 atom stereocenters. The molecule has 37 heavy (non-hydrogen) atoms. The van der Waals surface area contributed by atoms with Crippen molar-refractivity contribution in [3.63, 3.8) is 0 Å². The fourth-order valence-corrected chi connectivity index (χ4v) is 6.13. The second-order valence-corrected chi connectivity index (χ2v) is 15.7. The molecule has 0 heterocycles. The molecule has 9 heteroatoms. The van der Waals surface area contributed by atoms with E-state index in [2.05, 4.69) is 78.9 Å². The number of fused-ring (bicyclic) bond motifs is 2. The zero-order valence-electron chi connectivity index (χ0n) is 19.2. The Morgan fingerprint density at radius 3 is 1.65 bits per heavy atom. The number of carbonyl (C=O) groups excluding carboxylic acids is 1. The molecule has 5 aromatic carbocycles. The predicted octanol–water partition coefficient (Wildman–Crippen LogP) is 9.05. The Balaban J connectivity index is 0.000000405. The van der Waals surface area contributed by atoms with E-state index in [1.54, 1.807) is 0 Å². The van der Waals surface area contributed by atoms with Crippen LogP contribution in [0.5, 0.6) is 0 Å². The molecule has 0 fully saturated rings. The first-order valence-electron chi connectivity index (χ1n) is 11.1. The van der Waals surface area contributed by atoms with Crippen LogP contribution in [0.1, 0.15) is 10.4 Å². The molecular weight excluding hydrogens is 620 g/mol. The van der Waals surface area contributed by atoms with E-state index >= 15 is 0 Å². The van der Waals surface area contributed by atoms with Crippen LogP contribution in [0.4, 0.5) is 16.9 Å². The zero-order chi connectivity index (χ0) is 26.7. The van der Waals surface area contributed by atoms with Crippen LogP contribution in [0.15, 0.2) is 125 Å². The van der Waals surface area contributed by atoms with Crippen molar-refractivity contribution in [2.24, 2.45) is 0 Å². The average Bonchev–Trinajstić information content (AvgIpc) is 2.85. The van der Waals surface area contributed by atoms with Crippen LogP contribution in [0, 0.1) is 0 Å². The maximum atomic E-state index is 13.6. The number of Topliss-reactive ketones (excluding diaryl/α,β-unsaturated/α-hetero) is 1. The van der Waals surface area contributed by atoms with Crippen LogP contribution < -0.4 is 0 Å². The zero-order valence-corrected chi connectivity index (χ0v) is 22.6. The molecular formula is C28H21F6OSSb. The van der Waals surface area contributed by atoms with Gasteiger partial charge in [0.15, 0.2) is 15.5 Å². The van der Waals surface area contributed by atoms with E-state index in [-0.39, 0.29) is 16.7 Å². The summed E-state index contributed by atoms with van der Waals surface area (Å²) >= 11 is -11.2. The number of halogens is 6. The monoisotopic (exact) mass is 640 g/mol. The average molecular weight is 641 g/mol. The summed E-state index contributed by atoms with van der Waals surface area (Å²) in [5, 5.41) is 4.56. The minimum atomic E-state index is -11.2. The molecule has 0 aliphatic carbocycles. The number of carbonyl (C=O) groups is 1. The third-order valence-electron chi connectivity index (χ3n) is 5.41. The molecule has 5 rings (SSSR count). The molecule has 0 aliphatic heterocycles. The van der Waals surface area contributed by atoms with Crippen molar-refractivity contribution in [3.8, 4) is 0 Å². The summed E-state index contributed by atoms with van der Waals surface area (Å²) in [5.41, 5.74) is 0.807. The summed E-state index contributed by atoms with van der Waals surface area (Å²) in [4.78, 5) is 16.0. The van der Waals surface area contributed by atoms with Gasteiger partial charge in [0.2, 0.25) is 5.78 Å². The van der Waals surface area contributed by atoms with E-state index < -0.39 is 19.5 Å². The van der Waals surface area contributed by atoms with Crippen LogP contribution in [-0.4, -0.2) is 31.0 Å². The van der Waals surface area contributed by atoms with Gasteiger partial charge in [-0.2, -0.15) is 0 Å². The number of ketones is 1. The summed E-state index contributed by atoms with van der Waals surface area (Å²) in [7, 11) is -0.349. The first-order valence-corrected chi connectivity index (χ1v) is 18.3. The number of hydrogen-bond donors (Lipinski definition) is 0. The van der Waals surface area contributed by atoms with Crippen LogP contribution in [-0.2, 0) is 10.9 Å². The van der Waals surface area contributed by atoms with E-state index in [1.807, 2.05) is 36.4 Å². The van der Waals surface area contributed by atoms with Gasteiger partial charge in [0, 0.05) is 10.9 Å². The first-order chi connectivity index (χ1) is 17.3. The maximum absolute atomic E-state index is 13.6. The van der Waals surface area contributed by atoms with Crippen molar-refractivity contribution >= 4 is 57.7 Å². The Kier molecular flexibility index (Phi) is 7.12. The molecule has 0 saturated heterocycles. The van der Waals surface area contributed by atoms with Crippen molar-refractivity contribution < 1.29 is 21.7 Å². The molecule has 1 nitrogen and oxygen atoms in total. The van der Waals surface area contributed by atoms with E-state index in [0.717, 1.165) is 16.3 Å². The van der Waals surface area contributed by atoms with Crippen molar-refractivity contribution in [2.45, 2.75) is 9.79 Å². The predicted molar refractivity (Wildman–Crippen MR) is 140 cm³/mol. The number of hydrogen-bond acceptors (Lipinski definition) is 1. The van der Waals surface area contributed by atoms with Crippen LogP contribution in [0.3, 0.4) is 0 Å². The van der Waals surface area contributed by atoms with Gasteiger partial charge in [-0.1, -0.05) is 91.0 Å². The molecule has 0 bridgehead atoms. The van der Waals surface area contributed by atoms with E-state index in [0.29, 0.717) is 5.75 Å². The molecule has 0 spiro atoms. The number of rotatable bonds is 5. The summed E-state index contributed by atoms with van der Waals surface area (Å²) in [6.07, 6.45) is 0.